The van der Waals surface area contributed by atoms with E-state index in [0.717, 1.165) is 9.58 Å². The largest absolute Gasteiger partial charge is 0.858 e. The molecule has 37 heavy (non-hydrogen) atoms. The first-order chi connectivity index (χ1) is 17.8. The van der Waals surface area contributed by atoms with E-state index < -0.39 is 23.5 Å². The third-order valence-corrected chi connectivity index (χ3v) is 6.76. The van der Waals surface area contributed by atoms with Crippen molar-refractivity contribution in [1.29, 1.82) is 0 Å². The van der Waals surface area contributed by atoms with Gasteiger partial charge in [0.25, 0.3) is 11.6 Å². The van der Waals surface area contributed by atoms with Crippen molar-refractivity contribution in [1.82, 2.24) is 14.7 Å². The molecule has 0 unspecified atom stereocenters. The van der Waals surface area contributed by atoms with Gasteiger partial charge >= 0.3 is 5.91 Å². The van der Waals surface area contributed by atoms with Crippen LogP contribution < -0.4 is 9.67 Å². The van der Waals surface area contributed by atoms with Crippen LogP contribution in [-0.2, 0) is 22.6 Å². The second kappa shape index (κ2) is 9.80. The standard InChI is InChI=1S/C27H19Cl2FN4O3/c1-2-21-22(26(36)34(31-21)18-10-11-19(28)20(29)14-18)23-24(32-12-4-3-5-13-32)27(37)33(25(23)35)15-16-6-8-17(30)9-7-16/h3-14H,2,15H2,1H3. The van der Waals surface area contributed by atoms with Gasteiger partial charge in [0.1, 0.15) is 11.4 Å². The Morgan fingerprint density at radius 1 is 0.973 bits per heavy atom. The number of hydrogen-bond acceptors (Lipinski definition) is 4. The van der Waals surface area contributed by atoms with E-state index in [1.165, 1.54) is 34.9 Å². The van der Waals surface area contributed by atoms with Crippen LogP contribution in [0.2, 0.25) is 10.0 Å². The third-order valence-electron chi connectivity index (χ3n) is 6.02. The van der Waals surface area contributed by atoms with Crippen LogP contribution in [0.25, 0.3) is 17.0 Å². The van der Waals surface area contributed by atoms with Crippen LogP contribution in [0.1, 0.15) is 23.7 Å². The van der Waals surface area contributed by atoms with Crippen LogP contribution in [-0.4, -0.2) is 26.5 Å². The molecule has 0 spiro atoms. The summed E-state index contributed by atoms with van der Waals surface area (Å²) in [6, 6.07) is 15.4. The first-order valence-electron chi connectivity index (χ1n) is 11.4. The Bertz CT molecular complexity index is 1570. The second-order valence-electron chi connectivity index (χ2n) is 8.32. The minimum Gasteiger partial charge on any atom is -0.858 e. The number of benzene rings is 2. The molecule has 0 saturated heterocycles. The first-order valence-corrected chi connectivity index (χ1v) is 12.1. The van der Waals surface area contributed by atoms with Crippen molar-refractivity contribution < 1.29 is 23.7 Å². The summed E-state index contributed by atoms with van der Waals surface area (Å²) in [4.78, 5) is 28.5. The fourth-order valence-corrected chi connectivity index (χ4v) is 4.52. The highest BCUT2D eigenvalue weighted by Gasteiger charge is 2.46. The second-order valence-corrected chi connectivity index (χ2v) is 9.13. The molecule has 0 fully saturated rings. The van der Waals surface area contributed by atoms with Gasteiger partial charge in [-0.05, 0) is 48.2 Å². The van der Waals surface area contributed by atoms with Gasteiger partial charge in [0.05, 0.1) is 28.0 Å². The average molecular weight is 537 g/mol. The lowest BCUT2D eigenvalue weighted by molar-refractivity contribution is -0.576. The van der Waals surface area contributed by atoms with Gasteiger partial charge in [-0.2, -0.15) is 9.67 Å². The maximum Gasteiger partial charge on any atom is 0.327 e. The van der Waals surface area contributed by atoms with Crippen molar-refractivity contribution in [2.75, 3.05) is 0 Å². The molecule has 3 heterocycles. The summed E-state index contributed by atoms with van der Waals surface area (Å²) in [7, 11) is 0. The number of halogens is 3. The molecule has 0 saturated carbocycles. The van der Waals surface area contributed by atoms with E-state index in [1.54, 1.807) is 49.6 Å². The monoisotopic (exact) mass is 536 g/mol. The van der Waals surface area contributed by atoms with Gasteiger partial charge in [-0.25, -0.2) is 9.07 Å². The van der Waals surface area contributed by atoms with Gasteiger partial charge in [-0.1, -0.05) is 48.3 Å². The highest BCUT2D eigenvalue weighted by atomic mass is 35.5. The van der Waals surface area contributed by atoms with E-state index in [0.29, 0.717) is 28.4 Å². The number of nitrogens with zero attached hydrogens (tertiary/aromatic N) is 4. The van der Waals surface area contributed by atoms with Gasteiger partial charge in [-0.3, -0.25) is 14.5 Å². The maximum absolute atomic E-state index is 13.8. The van der Waals surface area contributed by atoms with Crippen LogP contribution in [0, 0.1) is 5.82 Å². The van der Waals surface area contributed by atoms with Crippen LogP contribution in [0.3, 0.4) is 0 Å². The lowest BCUT2D eigenvalue weighted by atomic mass is 10.0. The summed E-state index contributed by atoms with van der Waals surface area (Å²) < 4.78 is 16.1. The zero-order valence-corrected chi connectivity index (χ0v) is 21.0. The number of rotatable bonds is 6. The predicted molar refractivity (Wildman–Crippen MR) is 134 cm³/mol. The lowest BCUT2D eigenvalue weighted by Gasteiger charge is -2.16. The Hall–Kier alpha value is -4.01. The zero-order valence-electron chi connectivity index (χ0n) is 19.5. The first kappa shape index (κ1) is 24.7. The quantitative estimate of drug-likeness (QED) is 0.273. The van der Waals surface area contributed by atoms with Gasteiger partial charge < -0.3 is 5.11 Å². The highest BCUT2D eigenvalue weighted by molar-refractivity contribution is 6.45. The van der Waals surface area contributed by atoms with Crippen molar-refractivity contribution >= 4 is 46.3 Å². The molecule has 0 atom stereocenters. The molecule has 4 aromatic rings. The molecular weight excluding hydrogens is 518 g/mol. The van der Waals surface area contributed by atoms with E-state index in [9.17, 15) is 19.1 Å². The third kappa shape index (κ3) is 4.39. The van der Waals surface area contributed by atoms with Crippen molar-refractivity contribution in [3.63, 3.8) is 0 Å². The number of carbonyl (C=O) groups is 2. The SMILES string of the molecule is CCc1nn(-c2ccc(Cl)c(Cl)c2)c([O-])c1C1=C([n+]2ccccc2)C(=O)N(Cc2ccc(F)cc2)C1=O. The van der Waals surface area contributed by atoms with Crippen LogP contribution in [0.15, 0.2) is 73.1 Å². The zero-order chi connectivity index (χ0) is 26.3. The van der Waals surface area contributed by atoms with E-state index in [1.807, 2.05) is 0 Å². The topological polar surface area (TPSA) is 82.1 Å². The van der Waals surface area contributed by atoms with E-state index >= 15 is 0 Å². The fraction of sp³-hybridized carbons (Fsp3) is 0.111. The molecule has 1 aliphatic heterocycles. The minimum atomic E-state index is -0.638. The summed E-state index contributed by atoms with van der Waals surface area (Å²) in [5.74, 6) is -2.21. The van der Waals surface area contributed by atoms with Gasteiger partial charge in [0, 0.05) is 17.7 Å². The maximum atomic E-state index is 13.8. The van der Waals surface area contributed by atoms with Crippen LogP contribution in [0.4, 0.5) is 4.39 Å². The normalized spacial score (nSPS) is 13.7. The number of aryl methyl sites for hydroxylation is 1. The van der Waals surface area contributed by atoms with E-state index in [2.05, 4.69) is 5.10 Å². The van der Waals surface area contributed by atoms with E-state index in [4.69, 9.17) is 23.2 Å². The Morgan fingerprint density at radius 2 is 1.68 bits per heavy atom. The van der Waals surface area contributed by atoms with E-state index in [-0.39, 0.29) is 28.4 Å². The molecule has 0 radical (unpaired) electrons. The molecule has 1 aliphatic rings. The smallest absolute Gasteiger partial charge is 0.327 e. The summed E-state index contributed by atoms with van der Waals surface area (Å²) in [5, 5.41) is 18.7. The summed E-state index contributed by atoms with van der Waals surface area (Å²) in [6.07, 6.45) is 3.58. The predicted octanol–water partition coefficient (Wildman–Crippen LogP) is 4.18. The van der Waals surface area contributed by atoms with Gasteiger partial charge in [-0.15, -0.1) is 0 Å². The van der Waals surface area contributed by atoms with Crippen molar-refractivity contribution in [3.05, 3.63) is 106 Å². The molecule has 0 N–H and O–H groups in total. The number of amides is 2. The molecule has 0 bridgehead atoms. The molecule has 10 heteroatoms. The molecule has 5 rings (SSSR count). The van der Waals surface area contributed by atoms with Crippen molar-refractivity contribution in [3.8, 4) is 11.6 Å². The molecule has 2 aromatic carbocycles. The number of aromatic nitrogens is 3. The Morgan fingerprint density at radius 3 is 2.32 bits per heavy atom. The van der Waals surface area contributed by atoms with Crippen molar-refractivity contribution in [2.45, 2.75) is 19.9 Å². The Kier molecular flexibility index (Phi) is 6.54. The number of imide groups is 1. The molecule has 2 aromatic heterocycles. The lowest BCUT2D eigenvalue weighted by Crippen LogP contribution is -2.39. The number of pyridine rings is 1. The van der Waals surface area contributed by atoms with Crippen LogP contribution >= 0.6 is 23.2 Å². The highest BCUT2D eigenvalue weighted by Crippen LogP contribution is 2.38. The van der Waals surface area contributed by atoms with Gasteiger partial charge in [0.2, 0.25) is 0 Å². The van der Waals surface area contributed by atoms with Gasteiger partial charge in [0.15, 0.2) is 12.4 Å². The Labute approximate surface area is 221 Å². The van der Waals surface area contributed by atoms with Crippen LogP contribution in [0.5, 0.6) is 5.88 Å². The fourth-order valence-electron chi connectivity index (χ4n) is 4.23. The average Bonchev–Trinajstić information content (AvgIpc) is 3.35. The van der Waals surface area contributed by atoms with Crippen molar-refractivity contribution in [2.24, 2.45) is 0 Å². The summed E-state index contributed by atoms with van der Waals surface area (Å²) in [6.45, 7) is 1.72. The number of carbonyl (C=O) groups excluding carboxylic acids is 2. The molecule has 0 aliphatic carbocycles. The summed E-state index contributed by atoms with van der Waals surface area (Å²) in [5.41, 5.74) is 1.32. The minimum absolute atomic E-state index is 0.0354. The number of hydrogen-bond donors (Lipinski definition) is 0. The molecule has 186 valence electrons. The molecule has 7 nitrogen and oxygen atoms in total. The summed E-state index contributed by atoms with van der Waals surface area (Å²) >= 11 is 12.2. The Balaban J connectivity index is 1.68. The molecule has 2 amide bonds. The molecular formula is C27H19Cl2FN4O3.